The first-order chi connectivity index (χ1) is 10.8. The van der Waals surface area contributed by atoms with Gasteiger partial charge in [-0.05, 0) is 18.6 Å². The molecule has 3 rings (SSSR count). The van der Waals surface area contributed by atoms with Gasteiger partial charge in [0, 0.05) is 19.1 Å². The van der Waals surface area contributed by atoms with E-state index >= 15 is 0 Å². The van der Waals surface area contributed by atoms with Gasteiger partial charge in [-0.1, -0.05) is 11.6 Å². The summed E-state index contributed by atoms with van der Waals surface area (Å²) < 4.78 is 25.8. The van der Waals surface area contributed by atoms with Crippen LogP contribution in [0.4, 0.5) is 0 Å². The van der Waals surface area contributed by atoms with Crippen LogP contribution < -0.4 is 4.72 Å². The van der Waals surface area contributed by atoms with Gasteiger partial charge >= 0.3 is 0 Å². The van der Waals surface area contributed by atoms with Crippen LogP contribution in [-0.2, 0) is 10.0 Å². The molecule has 0 unspecified atom stereocenters. The Bertz CT molecular complexity index is 830. The topological polar surface area (TPSA) is 95.2 Å². The van der Waals surface area contributed by atoms with Crippen LogP contribution in [0.15, 0.2) is 18.3 Å². The number of H-pyrrole nitrogens is 1. The molecule has 2 aromatic rings. The molecule has 1 atom stereocenters. The fourth-order valence-electron chi connectivity index (χ4n) is 2.60. The van der Waals surface area contributed by atoms with Crippen molar-refractivity contribution in [1.29, 1.82) is 0 Å². The fraction of sp³-hybridized carbons (Fsp3) is 0.385. The van der Waals surface area contributed by atoms with Crippen LogP contribution in [0.3, 0.4) is 0 Å². The Kier molecular flexibility index (Phi) is 4.45. The molecule has 7 nitrogen and oxygen atoms in total. The number of sulfonamides is 1. The third-order valence-corrected chi connectivity index (χ3v) is 5.56. The maximum absolute atomic E-state index is 12.7. The summed E-state index contributed by atoms with van der Waals surface area (Å²) in [5.74, 6) is -0.170. The molecule has 0 spiro atoms. The number of carbonyl (C=O) groups excluding carboxylic acids is 1. The van der Waals surface area contributed by atoms with Crippen LogP contribution in [0.25, 0.3) is 10.6 Å². The molecule has 1 fully saturated rings. The van der Waals surface area contributed by atoms with Crippen molar-refractivity contribution >= 4 is 38.9 Å². The van der Waals surface area contributed by atoms with Crippen molar-refractivity contribution < 1.29 is 13.2 Å². The maximum atomic E-state index is 12.7. The molecular weight excluding hydrogens is 360 g/mol. The third-order valence-electron chi connectivity index (χ3n) is 3.55. The smallest absolute Gasteiger partial charge is 0.257 e. The van der Waals surface area contributed by atoms with E-state index in [0.29, 0.717) is 35.1 Å². The molecule has 0 aliphatic carbocycles. The second-order valence-corrected chi connectivity index (χ2v) is 8.88. The molecule has 0 saturated carbocycles. The van der Waals surface area contributed by atoms with Crippen LogP contribution in [0.2, 0.25) is 4.34 Å². The number of aromatic nitrogens is 2. The molecule has 23 heavy (non-hydrogen) atoms. The predicted molar refractivity (Wildman–Crippen MR) is 89.2 cm³/mol. The average molecular weight is 375 g/mol. The van der Waals surface area contributed by atoms with Gasteiger partial charge in [-0.2, -0.15) is 5.10 Å². The van der Waals surface area contributed by atoms with Crippen LogP contribution in [0.1, 0.15) is 16.8 Å². The number of aromatic amines is 1. The Morgan fingerprint density at radius 1 is 1.52 bits per heavy atom. The first-order valence-corrected chi connectivity index (χ1v) is 9.98. The lowest BCUT2D eigenvalue weighted by molar-refractivity contribution is 0.0791. The Balaban J connectivity index is 1.76. The van der Waals surface area contributed by atoms with E-state index < -0.39 is 10.0 Å². The number of nitrogens with zero attached hydrogens (tertiary/aromatic N) is 2. The van der Waals surface area contributed by atoms with Crippen molar-refractivity contribution in [3.8, 4) is 10.6 Å². The minimum atomic E-state index is -3.28. The Morgan fingerprint density at radius 2 is 2.30 bits per heavy atom. The molecule has 2 aromatic heterocycles. The summed E-state index contributed by atoms with van der Waals surface area (Å²) >= 11 is 7.30. The first-order valence-electron chi connectivity index (χ1n) is 6.89. The summed E-state index contributed by atoms with van der Waals surface area (Å²) in [6.45, 7) is 0.851. The summed E-state index contributed by atoms with van der Waals surface area (Å²) in [5.41, 5.74) is 1.09. The summed E-state index contributed by atoms with van der Waals surface area (Å²) in [7, 11) is -3.28. The SMILES string of the molecule is CS(=O)(=O)N[C@H]1CCN(C(=O)c2cn[nH]c2-c2ccc(Cl)s2)C1. The third kappa shape index (κ3) is 3.74. The van der Waals surface area contributed by atoms with Crippen molar-refractivity contribution in [2.75, 3.05) is 19.3 Å². The van der Waals surface area contributed by atoms with Gasteiger partial charge < -0.3 is 4.90 Å². The lowest BCUT2D eigenvalue weighted by Gasteiger charge is -2.16. The highest BCUT2D eigenvalue weighted by Gasteiger charge is 2.30. The molecular formula is C13H15ClN4O3S2. The van der Waals surface area contributed by atoms with Gasteiger partial charge in [0.2, 0.25) is 10.0 Å². The van der Waals surface area contributed by atoms with Gasteiger partial charge in [-0.25, -0.2) is 13.1 Å². The minimum absolute atomic E-state index is 0.170. The maximum Gasteiger partial charge on any atom is 0.257 e. The van der Waals surface area contributed by atoms with E-state index in [9.17, 15) is 13.2 Å². The van der Waals surface area contributed by atoms with E-state index in [1.807, 2.05) is 6.07 Å². The van der Waals surface area contributed by atoms with E-state index in [2.05, 4.69) is 14.9 Å². The Labute approximate surface area is 142 Å². The van der Waals surface area contributed by atoms with Crippen molar-refractivity contribution in [1.82, 2.24) is 19.8 Å². The monoisotopic (exact) mass is 374 g/mol. The zero-order valence-corrected chi connectivity index (χ0v) is 14.6. The Hall–Kier alpha value is -1.42. The number of halogens is 1. The zero-order valence-electron chi connectivity index (χ0n) is 12.2. The van der Waals surface area contributed by atoms with Gasteiger partial charge in [0.1, 0.15) is 0 Å². The standard InChI is InChI=1S/C13H15ClN4O3S2/c1-23(20,21)17-8-4-5-18(7-8)13(19)9-6-15-16-12(9)10-2-3-11(14)22-10/h2-3,6,8,17H,4-5,7H2,1H3,(H,15,16)/t8-/m0/s1. The highest BCUT2D eigenvalue weighted by Crippen LogP contribution is 2.32. The van der Waals surface area contributed by atoms with Gasteiger partial charge in [0.15, 0.2) is 0 Å². The molecule has 0 radical (unpaired) electrons. The molecule has 1 amide bonds. The minimum Gasteiger partial charge on any atom is -0.337 e. The van der Waals surface area contributed by atoms with Crippen LogP contribution in [0, 0.1) is 0 Å². The van der Waals surface area contributed by atoms with Gasteiger partial charge in [0.25, 0.3) is 5.91 Å². The molecule has 1 aliphatic rings. The lowest BCUT2D eigenvalue weighted by atomic mass is 10.2. The zero-order chi connectivity index (χ0) is 16.6. The van der Waals surface area contributed by atoms with Crippen LogP contribution >= 0.6 is 22.9 Å². The number of nitrogens with one attached hydrogen (secondary N) is 2. The normalized spacial score (nSPS) is 18.5. The number of rotatable bonds is 4. The highest BCUT2D eigenvalue weighted by molar-refractivity contribution is 7.88. The lowest BCUT2D eigenvalue weighted by Crippen LogP contribution is -2.37. The van der Waals surface area contributed by atoms with Gasteiger partial charge in [-0.3, -0.25) is 9.89 Å². The number of hydrogen-bond donors (Lipinski definition) is 2. The second kappa shape index (κ2) is 6.23. The fourth-order valence-corrected chi connectivity index (χ4v) is 4.45. The largest absolute Gasteiger partial charge is 0.337 e. The van der Waals surface area contributed by atoms with Crippen molar-refractivity contribution in [2.45, 2.75) is 12.5 Å². The number of thiophene rings is 1. The molecule has 10 heteroatoms. The molecule has 1 saturated heterocycles. The van der Waals surface area contributed by atoms with Gasteiger partial charge in [0.05, 0.1) is 32.9 Å². The van der Waals surface area contributed by atoms with Crippen molar-refractivity contribution in [2.24, 2.45) is 0 Å². The quantitative estimate of drug-likeness (QED) is 0.848. The molecule has 2 N–H and O–H groups in total. The predicted octanol–water partition coefficient (Wildman–Crippen LogP) is 1.56. The second-order valence-electron chi connectivity index (χ2n) is 5.39. The van der Waals surface area contributed by atoms with E-state index in [-0.39, 0.29) is 11.9 Å². The highest BCUT2D eigenvalue weighted by atomic mass is 35.5. The molecule has 1 aliphatic heterocycles. The number of hydrogen-bond acceptors (Lipinski definition) is 5. The van der Waals surface area contributed by atoms with E-state index in [0.717, 1.165) is 11.1 Å². The summed E-state index contributed by atoms with van der Waals surface area (Å²) in [6.07, 6.45) is 3.20. The van der Waals surface area contributed by atoms with E-state index in [4.69, 9.17) is 11.6 Å². The molecule has 124 valence electrons. The molecule has 0 aromatic carbocycles. The van der Waals surface area contributed by atoms with Gasteiger partial charge in [-0.15, -0.1) is 11.3 Å². The molecule has 3 heterocycles. The molecule has 0 bridgehead atoms. The van der Waals surface area contributed by atoms with Crippen molar-refractivity contribution in [3.05, 3.63) is 28.2 Å². The summed E-state index contributed by atoms with van der Waals surface area (Å²) in [5, 5.41) is 6.79. The van der Waals surface area contributed by atoms with Crippen molar-refractivity contribution in [3.63, 3.8) is 0 Å². The van der Waals surface area contributed by atoms with Crippen LogP contribution in [-0.4, -0.2) is 54.8 Å². The first kappa shape index (κ1) is 16.4. The van der Waals surface area contributed by atoms with E-state index in [1.54, 1.807) is 11.0 Å². The number of likely N-dealkylation sites (tertiary alicyclic amines) is 1. The van der Waals surface area contributed by atoms with E-state index in [1.165, 1.54) is 17.5 Å². The average Bonchev–Trinajstić information content (AvgIpc) is 3.15. The summed E-state index contributed by atoms with van der Waals surface area (Å²) in [4.78, 5) is 15.1. The number of amides is 1. The summed E-state index contributed by atoms with van der Waals surface area (Å²) in [6, 6.07) is 3.34. The Morgan fingerprint density at radius 3 is 2.96 bits per heavy atom. The number of carbonyl (C=O) groups is 1. The van der Waals surface area contributed by atoms with Crippen LogP contribution in [0.5, 0.6) is 0 Å².